The van der Waals surface area contributed by atoms with Gasteiger partial charge < -0.3 is 4.74 Å². The van der Waals surface area contributed by atoms with Crippen molar-refractivity contribution in [2.75, 3.05) is 7.11 Å². The van der Waals surface area contributed by atoms with Crippen molar-refractivity contribution < 1.29 is 4.74 Å². The summed E-state index contributed by atoms with van der Waals surface area (Å²) in [4.78, 5) is 4.34. The summed E-state index contributed by atoms with van der Waals surface area (Å²) in [5.41, 5.74) is 1.23. The van der Waals surface area contributed by atoms with Gasteiger partial charge in [0.05, 0.1) is 7.11 Å². The number of methoxy groups -OCH3 is 1. The third kappa shape index (κ3) is 2.68. The van der Waals surface area contributed by atoms with Gasteiger partial charge in [0, 0.05) is 5.56 Å². The Morgan fingerprint density at radius 2 is 2.00 bits per heavy atom. The molecule has 72 valence electrons. The van der Waals surface area contributed by atoms with Crippen LogP contribution in [0.1, 0.15) is 25.3 Å². The van der Waals surface area contributed by atoms with Gasteiger partial charge in [-0.2, -0.15) is 0 Å². The SMILES string of the molecule is COc1c(C(C)C)cc(I)nc1I. The van der Waals surface area contributed by atoms with Gasteiger partial charge in [-0.15, -0.1) is 0 Å². The summed E-state index contributed by atoms with van der Waals surface area (Å²) in [7, 11) is 1.69. The van der Waals surface area contributed by atoms with Crippen LogP contribution < -0.4 is 4.74 Å². The molecule has 0 atom stereocenters. The molecule has 1 heterocycles. The Balaban J connectivity index is 3.29. The van der Waals surface area contributed by atoms with E-state index in [1.165, 1.54) is 5.56 Å². The molecule has 0 spiro atoms. The van der Waals surface area contributed by atoms with Crippen LogP contribution in [0.15, 0.2) is 6.07 Å². The van der Waals surface area contributed by atoms with Crippen LogP contribution in [0, 0.1) is 7.40 Å². The number of aromatic nitrogens is 1. The fourth-order valence-corrected chi connectivity index (χ4v) is 2.95. The van der Waals surface area contributed by atoms with Crippen molar-refractivity contribution in [3.63, 3.8) is 0 Å². The lowest BCUT2D eigenvalue weighted by Gasteiger charge is -2.12. The van der Waals surface area contributed by atoms with Gasteiger partial charge in [-0.05, 0) is 57.2 Å². The third-order valence-electron chi connectivity index (χ3n) is 1.76. The molecule has 0 saturated carbocycles. The highest BCUT2D eigenvalue weighted by molar-refractivity contribution is 14.1. The number of nitrogens with zero attached hydrogens (tertiary/aromatic N) is 1. The Morgan fingerprint density at radius 1 is 1.38 bits per heavy atom. The lowest BCUT2D eigenvalue weighted by Crippen LogP contribution is -2.00. The minimum Gasteiger partial charge on any atom is -0.494 e. The molecule has 0 unspecified atom stereocenters. The van der Waals surface area contributed by atoms with E-state index < -0.39 is 0 Å². The Hall–Kier alpha value is 0.410. The molecular weight excluding hydrogens is 392 g/mol. The smallest absolute Gasteiger partial charge is 0.154 e. The van der Waals surface area contributed by atoms with Crippen LogP contribution >= 0.6 is 45.2 Å². The zero-order chi connectivity index (χ0) is 10.0. The second-order valence-electron chi connectivity index (χ2n) is 3.01. The summed E-state index contributed by atoms with van der Waals surface area (Å²) in [6.45, 7) is 4.31. The molecule has 4 heteroatoms. The largest absolute Gasteiger partial charge is 0.494 e. The van der Waals surface area contributed by atoms with Gasteiger partial charge in [-0.25, -0.2) is 4.98 Å². The average Bonchev–Trinajstić information content (AvgIpc) is 2.02. The Labute approximate surface area is 106 Å². The van der Waals surface area contributed by atoms with E-state index in [1.807, 2.05) is 0 Å². The van der Waals surface area contributed by atoms with E-state index in [9.17, 15) is 0 Å². The maximum Gasteiger partial charge on any atom is 0.154 e. The summed E-state index contributed by atoms with van der Waals surface area (Å²) in [6.07, 6.45) is 0. The van der Waals surface area contributed by atoms with Gasteiger partial charge in [0.25, 0.3) is 0 Å². The Kier molecular flexibility index (Phi) is 4.21. The lowest BCUT2D eigenvalue weighted by molar-refractivity contribution is 0.401. The number of halogens is 2. The third-order valence-corrected chi connectivity index (χ3v) is 3.04. The molecule has 13 heavy (non-hydrogen) atoms. The summed E-state index contributed by atoms with van der Waals surface area (Å²) in [6, 6.07) is 2.08. The van der Waals surface area contributed by atoms with Crippen molar-refractivity contribution in [2.45, 2.75) is 19.8 Å². The molecule has 1 rings (SSSR count). The molecule has 1 aromatic heterocycles. The van der Waals surface area contributed by atoms with E-state index in [0.29, 0.717) is 5.92 Å². The molecule has 0 amide bonds. The van der Waals surface area contributed by atoms with Crippen molar-refractivity contribution >= 4 is 45.2 Å². The van der Waals surface area contributed by atoms with Crippen LogP contribution in [0.2, 0.25) is 0 Å². The van der Waals surface area contributed by atoms with E-state index in [-0.39, 0.29) is 0 Å². The summed E-state index contributed by atoms with van der Waals surface area (Å²) >= 11 is 4.43. The number of ether oxygens (including phenoxy) is 1. The van der Waals surface area contributed by atoms with E-state index in [4.69, 9.17) is 4.74 Å². The van der Waals surface area contributed by atoms with Crippen molar-refractivity contribution in [3.8, 4) is 5.75 Å². The summed E-state index contributed by atoms with van der Waals surface area (Å²) in [5.74, 6) is 1.39. The van der Waals surface area contributed by atoms with Gasteiger partial charge in [-0.3, -0.25) is 0 Å². The maximum absolute atomic E-state index is 5.32. The molecule has 0 aliphatic carbocycles. The zero-order valence-corrected chi connectivity index (χ0v) is 12.1. The van der Waals surface area contributed by atoms with Gasteiger partial charge in [0.15, 0.2) is 5.75 Å². The number of hydrogen-bond acceptors (Lipinski definition) is 2. The fourth-order valence-electron chi connectivity index (χ4n) is 1.12. The van der Waals surface area contributed by atoms with Crippen LogP contribution in [0.3, 0.4) is 0 Å². The first-order valence-corrected chi connectivity index (χ1v) is 6.12. The van der Waals surface area contributed by atoms with Gasteiger partial charge in [0.1, 0.15) is 7.40 Å². The molecule has 0 aliphatic rings. The lowest BCUT2D eigenvalue weighted by atomic mass is 10.0. The Morgan fingerprint density at radius 3 is 2.46 bits per heavy atom. The molecule has 2 nitrogen and oxygen atoms in total. The number of hydrogen-bond donors (Lipinski definition) is 0. The predicted octanol–water partition coefficient (Wildman–Crippen LogP) is 3.42. The van der Waals surface area contributed by atoms with Gasteiger partial charge in [0.2, 0.25) is 0 Å². The van der Waals surface area contributed by atoms with Crippen molar-refractivity contribution in [1.82, 2.24) is 4.98 Å². The topological polar surface area (TPSA) is 22.1 Å². The molecule has 0 radical (unpaired) electrons. The minimum atomic E-state index is 0.472. The zero-order valence-electron chi connectivity index (χ0n) is 7.77. The number of pyridine rings is 1. The van der Waals surface area contributed by atoms with Crippen LogP contribution in [0.5, 0.6) is 5.75 Å². The first-order valence-electron chi connectivity index (χ1n) is 3.96. The van der Waals surface area contributed by atoms with E-state index in [2.05, 4.69) is 70.1 Å². The Bertz CT molecular complexity index is 313. The molecule has 0 aliphatic heterocycles. The van der Waals surface area contributed by atoms with E-state index >= 15 is 0 Å². The molecule has 0 saturated heterocycles. The van der Waals surface area contributed by atoms with Crippen LogP contribution in [0.4, 0.5) is 0 Å². The molecule has 1 aromatic rings. The molecule has 0 bridgehead atoms. The summed E-state index contributed by atoms with van der Waals surface area (Å²) < 4.78 is 7.28. The molecule has 0 aromatic carbocycles. The normalized spacial score (nSPS) is 10.6. The van der Waals surface area contributed by atoms with Gasteiger partial charge >= 0.3 is 0 Å². The van der Waals surface area contributed by atoms with Crippen LogP contribution in [-0.2, 0) is 0 Å². The number of rotatable bonds is 2. The highest BCUT2D eigenvalue weighted by Crippen LogP contribution is 2.30. The van der Waals surface area contributed by atoms with Gasteiger partial charge in [-0.1, -0.05) is 13.8 Å². The maximum atomic E-state index is 5.32. The van der Waals surface area contributed by atoms with Crippen molar-refractivity contribution in [1.29, 1.82) is 0 Å². The van der Waals surface area contributed by atoms with E-state index in [0.717, 1.165) is 13.2 Å². The second kappa shape index (κ2) is 4.77. The van der Waals surface area contributed by atoms with Crippen LogP contribution in [0.25, 0.3) is 0 Å². The highest BCUT2D eigenvalue weighted by Gasteiger charge is 2.12. The quantitative estimate of drug-likeness (QED) is 0.558. The van der Waals surface area contributed by atoms with Crippen molar-refractivity contribution in [3.05, 3.63) is 19.0 Å². The van der Waals surface area contributed by atoms with Crippen molar-refractivity contribution in [2.24, 2.45) is 0 Å². The monoisotopic (exact) mass is 403 g/mol. The first-order chi connectivity index (χ1) is 6.06. The second-order valence-corrected chi connectivity index (χ2v) is 5.14. The minimum absolute atomic E-state index is 0.472. The molecular formula is C9H11I2NO. The van der Waals surface area contributed by atoms with E-state index in [1.54, 1.807) is 7.11 Å². The first kappa shape index (κ1) is 11.5. The molecule has 0 fully saturated rings. The van der Waals surface area contributed by atoms with Crippen LogP contribution in [-0.4, -0.2) is 12.1 Å². The predicted molar refractivity (Wildman–Crippen MR) is 70.3 cm³/mol. The standard InChI is InChI=1S/C9H11I2NO/c1-5(2)6-4-7(10)12-9(11)8(6)13-3/h4-5H,1-3H3. The molecule has 0 N–H and O–H groups in total. The summed E-state index contributed by atoms with van der Waals surface area (Å²) in [5, 5.41) is 0. The average molecular weight is 403 g/mol. The highest BCUT2D eigenvalue weighted by atomic mass is 127. The fraction of sp³-hybridized carbons (Fsp3) is 0.444.